The van der Waals surface area contributed by atoms with Gasteiger partial charge in [0.25, 0.3) is 0 Å². The predicted octanol–water partition coefficient (Wildman–Crippen LogP) is 3.90. The van der Waals surface area contributed by atoms with E-state index in [1.807, 2.05) is 0 Å². The van der Waals surface area contributed by atoms with Crippen molar-refractivity contribution in [1.82, 2.24) is 0 Å². The molecule has 0 aliphatic carbocycles. The predicted molar refractivity (Wildman–Crippen MR) is 85.7 cm³/mol. The number of carbonyl (C=O) groups is 1. The third kappa shape index (κ3) is 5.38. The van der Waals surface area contributed by atoms with Gasteiger partial charge in [0.05, 0.1) is 7.11 Å². The van der Waals surface area contributed by atoms with Gasteiger partial charge in [-0.1, -0.05) is 0 Å². The Morgan fingerprint density at radius 3 is 1.95 bits per heavy atom. The monoisotopic (exact) mass is 312 g/mol. The Balaban J connectivity index is 3.18. The minimum atomic E-state index is -1.82. The van der Waals surface area contributed by atoms with Crippen molar-refractivity contribution >= 4 is 22.6 Å². The second-order valence-electron chi connectivity index (χ2n) is 6.58. The summed E-state index contributed by atoms with van der Waals surface area (Å²) in [5.74, 6) is 0.898. The van der Waals surface area contributed by atoms with Gasteiger partial charge in [-0.3, -0.25) is 0 Å². The van der Waals surface area contributed by atoms with E-state index in [9.17, 15) is 4.79 Å². The van der Waals surface area contributed by atoms with Gasteiger partial charge >= 0.3 is 5.97 Å². The fraction of sp³-hybridized carbons (Fsp3) is 0.500. The number of hydrogen-bond donors (Lipinski definition) is 0. The van der Waals surface area contributed by atoms with Gasteiger partial charge < -0.3 is 13.6 Å². The highest BCUT2D eigenvalue weighted by Gasteiger charge is 2.23. The first kappa shape index (κ1) is 16.8. The van der Waals surface area contributed by atoms with E-state index in [0.29, 0.717) is 11.3 Å². The molecule has 0 amide bonds. The molecular formula is C14H24O4Si2. The Morgan fingerprint density at radius 2 is 1.50 bits per heavy atom. The first-order valence-electron chi connectivity index (χ1n) is 6.62. The van der Waals surface area contributed by atoms with Crippen LogP contribution in [0.5, 0.6) is 11.5 Å². The molecule has 4 nitrogen and oxygen atoms in total. The summed E-state index contributed by atoms with van der Waals surface area (Å²) in [5.41, 5.74) is 0.442. The molecule has 0 N–H and O–H groups in total. The van der Waals surface area contributed by atoms with E-state index in [-0.39, 0.29) is 0 Å². The first-order chi connectivity index (χ1) is 9.02. The van der Waals surface area contributed by atoms with Gasteiger partial charge in [-0.25, -0.2) is 4.79 Å². The lowest BCUT2D eigenvalue weighted by molar-refractivity contribution is 0.0598. The van der Waals surface area contributed by atoms with Crippen LogP contribution in [0.25, 0.3) is 0 Å². The van der Waals surface area contributed by atoms with Crippen LogP contribution in [0.1, 0.15) is 10.4 Å². The topological polar surface area (TPSA) is 44.8 Å². The molecule has 0 heterocycles. The lowest BCUT2D eigenvalue weighted by Crippen LogP contribution is -2.31. The molecule has 0 radical (unpaired) electrons. The fourth-order valence-electron chi connectivity index (χ4n) is 1.61. The van der Waals surface area contributed by atoms with Gasteiger partial charge in [0.15, 0.2) is 0 Å². The minimum Gasteiger partial charge on any atom is -0.544 e. The number of carbonyl (C=O) groups excluding carboxylic acids is 1. The highest BCUT2D eigenvalue weighted by molar-refractivity contribution is 6.71. The van der Waals surface area contributed by atoms with Gasteiger partial charge in [0.1, 0.15) is 17.1 Å². The van der Waals surface area contributed by atoms with Crippen molar-refractivity contribution in [1.29, 1.82) is 0 Å². The molecule has 20 heavy (non-hydrogen) atoms. The van der Waals surface area contributed by atoms with Crippen molar-refractivity contribution in [2.45, 2.75) is 39.3 Å². The van der Waals surface area contributed by atoms with E-state index in [1.165, 1.54) is 7.11 Å². The van der Waals surface area contributed by atoms with Crippen molar-refractivity contribution in [3.8, 4) is 11.5 Å². The first-order valence-corrected chi connectivity index (χ1v) is 13.4. The molecule has 0 fully saturated rings. The number of methoxy groups -OCH3 is 1. The molecule has 1 aromatic carbocycles. The average molecular weight is 313 g/mol. The van der Waals surface area contributed by atoms with Crippen molar-refractivity contribution in [2.24, 2.45) is 0 Å². The summed E-state index contributed by atoms with van der Waals surface area (Å²) in [7, 11) is -2.15. The number of rotatable bonds is 5. The summed E-state index contributed by atoms with van der Waals surface area (Å²) >= 11 is 0. The van der Waals surface area contributed by atoms with Gasteiger partial charge in [-0.05, 0) is 51.4 Å². The third-order valence-corrected chi connectivity index (χ3v) is 3.88. The van der Waals surface area contributed by atoms with Crippen LogP contribution in [0.4, 0.5) is 0 Å². The van der Waals surface area contributed by atoms with E-state index in [1.54, 1.807) is 18.2 Å². The van der Waals surface area contributed by atoms with Crippen molar-refractivity contribution in [2.75, 3.05) is 7.11 Å². The summed E-state index contributed by atoms with van der Waals surface area (Å²) in [5, 5.41) is 0. The highest BCUT2D eigenvalue weighted by Crippen LogP contribution is 2.29. The number of ether oxygens (including phenoxy) is 1. The smallest absolute Gasteiger partial charge is 0.341 e. The summed E-state index contributed by atoms with van der Waals surface area (Å²) in [6.45, 7) is 12.5. The summed E-state index contributed by atoms with van der Waals surface area (Å²) in [6.07, 6.45) is 0. The molecule has 1 aromatic rings. The molecular weight excluding hydrogens is 288 g/mol. The van der Waals surface area contributed by atoms with E-state index < -0.39 is 22.6 Å². The Hall–Kier alpha value is -1.28. The molecule has 0 bridgehead atoms. The molecule has 0 saturated carbocycles. The zero-order valence-corrected chi connectivity index (χ0v) is 15.4. The normalized spacial score (nSPS) is 11.9. The second-order valence-corrected chi connectivity index (χ2v) is 15.4. The van der Waals surface area contributed by atoms with Gasteiger partial charge in [-0.15, -0.1) is 0 Å². The van der Waals surface area contributed by atoms with Crippen molar-refractivity contribution in [3.05, 3.63) is 23.8 Å². The van der Waals surface area contributed by atoms with E-state index in [4.69, 9.17) is 13.6 Å². The molecule has 112 valence electrons. The SMILES string of the molecule is COC(=O)c1ccc(O[Si](C)(C)C)cc1O[Si](C)(C)C. The van der Waals surface area contributed by atoms with Crippen molar-refractivity contribution < 1.29 is 18.4 Å². The maximum atomic E-state index is 11.8. The fourth-order valence-corrected chi connectivity index (χ4v) is 3.28. The Labute approximate surface area is 123 Å². The van der Waals surface area contributed by atoms with Crippen LogP contribution in [-0.2, 0) is 4.74 Å². The van der Waals surface area contributed by atoms with E-state index in [2.05, 4.69) is 39.3 Å². The van der Waals surface area contributed by atoms with Crippen LogP contribution in [0.3, 0.4) is 0 Å². The van der Waals surface area contributed by atoms with Gasteiger partial charge in [0, 0.05) is 6.07 Å². The van der Waals surface area contributed by atoms with Crippen LogP contribution < -0.4 is 8.85 Å². The second kappa shape index (κ2) is 6.01. The Kier molecular flexibility index (Phi) is 5.04. The number of esters is 1. The van der Waals surface area contributed by atoms with Crippen molar-refractivity contribution in [3.63, 3.8) is 0 Å². The lowest BCUT2D eigenvalue weighted by atomic mass is 10.2. The molecule has 0 aromatic heterocycles. The molecule has 6 heteroatoms. The summed E-state index contributed by atoms with van der Waals surface area (Å²) in [6, 6.07) is 5.29. The van der Waals surface area contributed by atoms with Crippen LogP contribution in [0.15, 0.2) is 18.2 Å². The number of hydrogen-bond acceptors (Lipinski definition) is 4. The van der Waals surface area contributed by atoms with E-state index >= 15 is 0 Å². The van der Waals surface area contributed by atoms with E-state index in [0.717, 1.165) is 5.75 Å². The zero-order valence-electron chi connectivity index (χ0n) is 13.4. The Bertz CT molecular complexity index is 487. The molecule has 0 saturated heterocycles. The van der Waals surface area contributed by atoms with Gasteiger partial charge in [-0.2, -0.15) is 0 Å². The summed E-state index contributed by atoms with van der Waals surface area (Å²) < 4.78 is 16.7. The maximum Gasteiger partial charge on any atom is 0.341 e. The average Bonchev–Trinajstić information content (AvgIpc) is 2.24. The third-order valence-electron chi connectivity index (χ3n) is 2.20. The summed E-state index contributed by atoms with van der Waals surface area (Å²) in [4.78, 5) is 11.8. The minimum absolute atomic E-state index is 0.391. The lowest BCUT2D eigenvalue weighted by Gasteiger charge is -2.24. The maximum absolute atomic E-state index is 11.8. The zero-order chi connectivity index (χ0) is 15.6. The van der Waals surface area contributed by atoms with Crippen LogP contribution in [0.2, 0.25) is 39.3 Å². The van der Waals surface area contributed by atoms with Crippen LogP contribution in [0, 0.1) is 0 Å². The molecule has 0 atom stereocenters. The quantitative estimate of drug-likeness (QED) is 0.611. The molecule has 0 aliphatic heterocycles. The van der Waals surface area contributed by atoms with Crippen LogP contribution in [-0.4, -0.2) is 29.7 Å². The van der Waals surface area contributed by atoms with Gasteiger partial charge in [0.2, 0.25) is 16.6 Å². The molecule has 0 unspecified atom stereocenters. The Morgan fingerprint density at radius 1 is 0.950 bits per heavy atom. The molecule has 0 spiro atoms. The standard InChI is InChI=1S/C14H24O4Si2/c1-16-14(15)12-9-8-11(17-19(2,3)4)10-13(12)18-20(5,6)7/h8-10H,1-7H3. The molecule has 1 rings (SSSR count). The molecule has 0 aliphatic rings. The largest absolute Gasteiger partial charge is 0.544 e. The highest BCUT2D eigenvalue weighted by atomic mass is 28.4. The number of benzene rings is 1. The van der Waals surface area contributed by atoms with Crippen LogP contribution >= 0.6 is 0 Å².